The van der Waals surface area contributed by atoms with E-state index in [-0.39, 0.29) is 5.54 Å². The summed E-state index contributed by atoms with van der Waals surface area (Å²) in [6.45, 7) is 6.98. The monoisotopic (exact) mass is 343 g/mol. The molecule has 0 radical (unpaired) electrons. The fraction of sp³-hybridized carbons (Fsp3) is 0.429. The van der Waals surface area contributed by atoms with Crippen LogP contribution in [0.2, 0.25) is 0 Å². The van der Waals surface area contributed by atoms with Crippen LogP contribution >= 0.6 is 0 Å². The van der Waals surface area contributed by atoms with Gasteiger partial charge in [0.15, 0.2) is 0 Å². The van der Waals surface area contributed by atoms with E-state index in [1.807, 2.05) is 48.5 Å². The Morgan fingerprint density at radius 2 is 1.44 bits per heavy atom. The molecule has 1 unspecified atom stereocenters. The van der Waals surface area contributed by atoms with Gasteiger partial charge in [0.1, 0.15) is 17.1 Å². The zero-order chi connectivity index (χ0) is 18.5. The molecule has 2 aromatic carbocycles. The van der Waals surface area contributed by atoms with Gasteiger partial charge in [-0.2, -0.15) is 0 Å². The molecule has 0 saturated heterocycles. The quantitative estimate of drug-likeness (QED) is 0.804. The van der Waals surface area contributed by atoms with E-state index >= 15 is 0 Å². The van der Waals surface area contributed by atoms with Gasteiger partial charge < -0.3 is 19.9 Å². The first-order valence-corrected chi connectivity index (χ1v) is 8.56. The smallest absolute Gasteiger partial charge is 0.129 e. The normalized spacial score (nSPS) is 14.0. The maximum atomic E-state index is 11.8. The molecule has 25 heavy (non-hydrogen) atoms. The van der Waals surface area contributed by atoms with E-state index < -0.39 is 5.60 Å². The van der Waals surface area contributed by atoms with Crippen LogP contribution in [-0.4, -0.2) is 31.4 Å². The fourth-order valence-corrected chi connectivity index (χ4v) is 3.00. The van der Waals surface area contributed by atoms with E-state index in [1.54, 1.807) is 14.2 Å². The molecule has 0 fully saturated rings. The number of hydrogen-bond acceptors (Lipinski definition) is 4. The zero-order valence-electron chi connectivity index (χ0n) is 15.8. The number of hydrogen-bond donors (Lipinski definition) is 2. The van der Waals surface area contributed by atoms with Crippen molar-refractivity contribution in [2.24, 2.45) is 0 Å². The summed E-state index contributed by atoms with van der Waals surface area (Å²) in [6.07, 6.45) is 0.491. The third kappa shape index (κ3) is 4.53. The Morgan fingerprint density at radius 3 is 1.92 bits per heavy atom. The molecule has 4 heteroatoms. The molecule has 0 aliphatic carbocycles. The molecule has 2 N–H and O–H groups in total. The maximum absolute atomic E-state index is 11.8. The number of nitrogens with one attached hydrogen (secondary N) is 1. The van der Waals surface area contributed by atoms with E-state index in [0.717, 1.165) is 5.56 Å². The number of ether oxygens (including phenoxy) is 2. The summed E-state index contributed by atoms with van der Waals surface area (Å²) in [7, 11) is 3.22. The van der Waals surface area contributed by atoms with Crippen LogP contribution in [0.15, 0.2) is 48.5 Å². The van der Waals surface area contributed by atoms with Crippen molar-refractivity contribution in [3.8, 4) is 11.5 Å². The van der Waals surface area contributed by atoms with E-state index in [4.69, 9.17) is 9.47 Å². The summed E-state index contributed by atoms with van der Waals surface area (Å²) in [5, 5.41) is 15.2. The second kappa shape index (κ2) is 7.89. The minimum Gasteiger partial charge on any atom is -0.496 e. The van der Waals surface area contributed by atoms with Crippen LogP contribution in [-0.2, 0) is 5.60 Å². The topological polar surface area (TPSA) is 50.7 Å². The molecule has 136 valence electrons. The Balaban J connectivity index is 2.53. The van der Waals surface area contributed by atoms with Crippen molar-refractivity contribution in [3.05, 3.63) is 59.7 Å². The van der Waals surface area contributed by atoms with Crippen LogP contribution in [0.3, 0.4) is 0 Å². The number of benzene rings is 2. The van der Waals surface area contributed by atoms with Crippen LogP contribution in [0, 0.1) is 0 Å². The Morgan fingerprint density at radius 1 is 0.880 bits per heavy atom. The maximum Gasteiger partial charge on any atom is 0.129 e. The van der Waals surface area contributed by atoms with Gasteiger partial charge in [-0.05, 0) is 51.4 Å². The molecule has 1 atom stereocenters. The molecule has 0 saturated carbocycles. The van der Waals surface area contributed by atoms with Crippen LogP contribution in [0.4, 0.5) is 0 Å². The minimum atomic E-state index is -1.22. The third-order valence-corrected chi connectivity index (χ3v) is 4.23. The standard InChI is InChI=1S/C21H29NO3/c1-20(2,3)22-15-14-21(23,16-10-7-6-8-11-16)19-17(24-4)12-9-13-18(19)25-5/h6-13,22-23H,14-15H2,1-5H3. The molecular formula is C21H29NO3. The number of rotatable bonds is 7. The lowest BCUT2D eigenvalue weighted by Crippen LogP contribution is -2.40. The van der Waals surface area contributed by atoms with Crippen molar-refractivity contribution in [2.75, 3.05) is 20.8 Å². The molecule has 2 rings (SSSR count). The Labute approximate surface area is 150 Å². The van der Waals surface area contributed by atoms with Crippen molar-refractivity contribution >= 4 is 0 Å². The van der Waals surface area contributed by atoms with Gasteiger partial charge in [0, 0.05) is 5.54 Å². The number of aliphatic hydroxyl groups is 1. The summed E-state index contributed by atoms with van der Waals surface area (Å²) in [5.74, 6) is 1.22. The Kier molecular flexibility index (Phi) is 6.09. The molecule has 0 aliphatic heterocycles. The van der Waals surface area contributed by atoms with Crippen molar-refractivity contribution in [3.63, 3.8) is 0 Å². The van der Waals surface area contributed by atoms with Crippen LogP contribution in [0.5, 0.6) is 11.5 Å². The summed E-state index contributed by atoms with van der Waals surface area (Å²) in [5.41, 5.74) is 0.218. The van der Waals surface area contributed by atoms with Gasteiger partial charge in [0.2, 0.25) is 0 Å². The van der Waals surface area contributed by atoms with Gasteiger partial charge in [-0.1, -0.05) is 36.4 Å². The lowest BCUT2D eigenvalue weighted by Gasteiger charge is -2.33. The molecule has 0 aromatic heterocycles. The van der Waals surface area contributed by atoms with Crippen LogP contribution in [0.25, 0.3) is 0 Å². The highest BCUT2D eigenvalue weighted by molar-refractivity contribution is 5.53. The molecule has 0 spiro atoms. The average Bonchev–Trinajstić information content (AvgIpc) is 2.60. The molecule has 0 amide bonds. The summed E-state index contributed by atoms with van der Waals surface area (Å²) < 4.78 is 11.1. The molecule has 0 heterocycles. The minimum absolute atomic E-state index is 0.0253. The summed E-state index contributed by atoms with van der Waals surface area (Å²) >= 11 is 0. The second-order valence-corrected chi connectivity index (χ2v) is 7.19. The van der Waals surface area contributed by atoms with Crippen molar-refractivity contribution in [1.29, 1.82) is 0 Å². The predicted octanol–water partition coefficient (Wildman–Crippen LogP) is 3.72. The summed E-state index contributed by atoms with van der Waals surface area (Å²) in [6, 6.07) is 15.2. The lowest BCUT2D eigenvalue weighted by molar-refractivity contribution is 0.0637. The summed E-state index contributed by atoms with van der Waals surface area (Å²) in [4.78, 5) is 0. The lowest BCUT2D eigenvalue weighted by atomic mass is 9.82. The number of methoxy groups -OCH3 is 2. The largest absolute Gasteiger partial charge is 0.496 e. The third-order valence-electron chi connectivity index (χ3n) is 4.23. The van der Waals surface area contributed by atoms with E-state index in [0.29, 0.717) is 30.0 Å². The van der Waals surface area contributed by atoms with Crippen molar-refractivity contribution in [1.82, 2.24) is 5.32 Å². The SMILES string of the molecule is COc1cccc(OC)c1C(O)(CCNC(C)(C)C)c1ccccc1. The van der Waals surface area contributed by atoms with Gasteiger partial charge in [-0.3, -0.25) is 0 Å². The van der Waals surface area contributed by atoms with Gasteiger partial charge in [-0.15, -0.1) is 0 Å². The molecule has 0 aliphatic rings. The average molecular weight is 343 g/mol. The molecular weight excluding hydrogens is 314 g/mol. The van der Waals surface area contributed by atoms with Crippen LogP contribution in [0.1, 0.15) is 38.3 Å². The molecule has 2 aromatic rings. The molecule has 0 bridgehead atoms. The van der Waals surface area contributed by atoms with E-state index in [1.165, 1.54) is 0 Å². The highest BCUT2D eigenvalue weighted by Gasteiger charge is 2.37. The second-order valence-electron chi connectivity index (χ2n) is 7.19. The van der Waals surface area contributed by atoms with E-state index in [2.05, 4.69) is 26.1 Å². The van der Waals surface area contributed by atoms with Gasteiger partial charge in [0.05, 0.1) is 19.8 Å². The van der Waals surface area contributed by atoms with Crippen molar-refractivity contribution < 1.29 is 14.6 Å². The Bertz CT molecular complexity index is 657. The van der Waals surface area contributed by atoms with Gasteiger partial charge in [0.25, 0.3) is 0 Å². The van der Waals surface area contributed by atoms with Gasteiger partial charge >= 0.3 is 0 Å². The first-order chi connectivity index (χ1) is 11.8. The first-order valence-electron chi connectivity index (χ1n) is 8.56. The Hall–Kier alpha value is -2.04. The first kappa shape index (κ1) is 19.3. The predicted molar refractivity (Wildman–Crippen MR) is 101 cm³/mol. The van der Waals surface area contributed by atoms with Crippen LogP contribution < -0.4 is 14.8 Å². The molecule has 4 nitrogen and oxygen atoms in total. The van der Waals surface area contributed by atoms with Crippen molar-refractivity contribution in [2.45, 2.75) is 38.3 Å². The van der Waals surface area contributed by atoms with Gasteiger partial charge in [-0.25, -0.2) is 0 Å². The van der Waals surface area contributed by atoms with E-state index in [9.17, 15) is 5.11 Å². The highest BCUT2D eigenvalue weighted by atomic mass is 16.5. The fourth-order valence-electron chi connectivity index (χ4n) is 3.00. The highest BCUT2D eigenvalue weighted by Crippen LogP contribution is 2.43. The zero-order valence-corrected chi connectivity index (χ0v) is 15.8.